The second-order valence-corrected chi connectivity index (χ2v) is 14.9. The van der Waals surface area contributed by atoms with Crippen molar-refractivity contribution < 1.29 is 14.3 Å². The molecule has 3 nitrogen and oxygen atoms in total. The van der Waals surface area contributed by atoms with Crippen molar-refractivity contribution in [1.29, 1.82) is 0 Å². The lowest BCUT2D eigenvalue weighted by atomic mass is 9.36. The highest BCUT2D eigenvalue weighted by atomic mass is 35.5. The SMILES string of the molecule is C=C(C)CCC[C@]1(C(=O)Cl)CCC2[C@H](CCC3[C@@]2(C)CCC2C(C)(C)[C@@H](OC(C)=O)CC[C@@]23C)C1C. The molecule has 0 aliphatic heterocycles. The van der Waals surface area contributed by atoms with E-state index in [4.69, 9.17) is 16.3 Å². The Labute approximate surface area is 225 Å². The molecule has 0 aromatic carbocycles. The monoisotopic (exact) mass is 518 g/mol. The van der Waals surface area contributed by atoms with Gasteiger partial charge >= 0.3 is 5.97 Å². The molecular weight excluding hydrogens is 468 g/mol. The summed E-state index contributed by atoms with van der Waals surface area (Å²) in [6.45, 7) is 19.9. The van der Waals surface area contributed by atoms with Gasteiger partial charge in [0.25, 0.3) is 0 Å². The molecule has 0 bridgehead atoms. The van der Waals surface area contributed by atoms with Crippen molar-refractivity contribution in [3.63, 3.8) is 0 Å². The quantitative estimate of drug-likeness (QED) is 0.200. The second kappa shape index (κ2) is 9.73. The van der Waals surface area contributed by atoms with Crippen molar-refractivity contribution >= 4 is 22.8 Å². The summed E-state index contributed by atoms with van der Waals surface area (Å²) >= 11 is 6.42. The fourth-order valence-electron chi connectivity index (χ4n) is 10.8. The predicted molar refractivity (Wildman–Crippen MR) is 148 cm³/mol. The molecule has 0 aromatic heterocycles. The van der Waals surface area contributed by atoms with Gasteiger partial charge in [-0.05, 0) is 130 Å². The van der Waals surface area contributed by atoms with Gasteiger partial charge in [0.2, 0.25) is 5.24 Å². The van der Waals surface area contributed by atoms with E-state index in [2.05, 4.69) is 48.1 Å². The molecule has 0 heterocycles. The van der Waals surface area contributed by atoms with Gasteiger partial charge in [-0.25, -0.2) is 0 Å². The van der Waals surface area contributed by atoms with Gasteiger partial charge in [0, 0.05) is 17.8 Å². The largest absolute Gasteiger partial charge is 0.462 e. The summed E-state index contributed by atoms with van der Waals surface area (Å²) in [6.07, 6.45) is 12.0. The van der Waals surface area contributed by atoms with E-state index in [1.165, 1.54) is 31.3 Å². The van der Waals surface area contributed by atoms with E-state index < -0.39 is 0 Å². The molecule has 0 radical (unpaired) electrons. The van der Waals surface area contributed by atoms with Gasteiger partial charge in [-0.3, -0.25) is 9.59 Å². The van der Waals surface area contributed by atoms with Gasteiger partial charge in [-0.2, -0.15) is 0 Å². The van der Waals surface area contributed by atoms with Crippen LogP contribution in [0.25, 0.3) is 0 Å². The smallest absolute Gasteiger partial charge is 0.302 e. The molecule has 4 aliphatic rings. The number of rotatable bonds is 6. The summed E-state index contributed by atoms with van der Waals surface area (Å²) < 4.78 is 5.86. The van der Waals surface area contributed by atoms with E-state index in [0.717, 1.165) is 44.9 Å². The van der Waals surface area contributed by atoms with Gasteiger partial charge in [0.15, 0.2) is 0 Å². The third-order valence-electron chi connectivity index (χ3n) is 12.5. The molecule has 4 saturated carbocycles. The summed E-state index contributed by atoms with van der Waals surface area (Å²) in [4.78, 5) is 24.8. The fourth-order valence-corrected chi connectivity index (χ4v) is 11.1. The zero-order valence-electron chi connectivity index (χ0n) is 24.1. The second-order valence-electron chi connectivity index (χ2n) is 14.5. The minimum absolute atomic E-state index is 0.000184. The van der Waals surface area contributed by atoms with Crippen molar-refractivity contribution in [2.24, 2.45) is 51.2 Å². The Morgan fingerprint density at radius 2 is 1.58 bits per heavy atom. The Bertz CT molecular complexity index is 894. The summed E-state index contributed by atoms with van der Waals surface area (Å²) in [5.41, 5.74) is 1.41. The van der Waals surface area contributed by atoms with E-state index in [9.17, 15) is 9.59 Å². The Morgan fingerprint density at radius 3 is 2.19 bits per heavy atom. The van der Waals surface area contributed by atoms with Gasteiger partial charge in [-0.15, -0.1) is 6.58 Å². The first-order valence-corrected chi connectivity index (χ1v) is 15.1. The zero-order chi connectivity index (χ0) is 26.7. The molecule has 4 fully saturated rings. The van der Waals surface area contributed by atoms with Gasteiger partial charge in [0.1, 0.15) is 6.10 Å². The van der Waals surface area contributed by atoms with Crippen LogP contribution in [0.2, 0.25) is 0 Å². The molecule has 0 spiro atoms. The molecule has 0 aromatic rings. The van der Waals surface area contributed by atoms with Crippen LogP contribution in [0.3, 0.4) is 0 Å². The standard InChI is InChI=1S/C32H51ClO3/c1-20(2)10-9-16-32(28(33)35)19-13-24-23(21(32)3)11-12-26-30(24,7)17-14-25-29(5,6)27(36-22(4)34)15-18-31(25,26)8/h21,23-27H,1,9-19H2,2-8H3/t21?,23-,24?,25?,26?,27+,30+,31+,32+/m1/s1. The van der Waals surface area contributed by atoms with Crippen LogP contribution in [-0.2, 0) is 14.3 Å². The first-order valence-electron chi connectivity index (χ1n) is 14.7. The maximum absolute atomic E-state index is 13.0. The zero-order valence-corrected chi connectivity index (χ0v) is 24.8. The number of ether oxygens (including phenoxy) is 1. The van der Waals surface area contributed by atoms with Crippen LogP contribution < -0.4 is 0 Å². The third-order valence-corrected chi connectivity index (χ3v) is 12.9. The first-order chi connectivity index (χ1) is 16.7. The molecule has 9 atom stereocenters. The molecule has 4 heteroatoms. The minimum atomic E-state index is -0.368. The molecular formula is C32H51ClO3. The molecule has 36 heavy (non-hydrogen) atoms. The normalized spacial score (nSPS) is 45.6. The molecule has 4 rings (SSSR count). The minimum Gasteiger partial charge on any atom is -0.462 e. The van der Waals surface area contributed by atoms with E-state index >= 15 is 0 Å². The van der Waals surface area contributed by atoms with E-state index in [1.54, 1.807) is 6.92 Å². The highest BCUT2D eigenvalue weighted by Crippen LogP contribution is 2.72. The lowest BCUT2D eigenvalue weighted by Crippen LogP contribution is -2.63. The fraction of sp³-hybridized carbons (Fsp3) is 0.875. The predicted octanol–water partition coefficient (Wildman–Crippen LogP) is 8.73. The van der Waals surface area contributed by atoms with Crippen molar-refractivity contribution in [2.75, 3.05) is 0 Å². The maximum Gasteiger partial charge on any atom is 0.302 e. The average Bonchev–Trinajstić information content (AvgIpc) is 2.76. The topological polar surface area (TPSA) is 43.4 Å². The lowest BCUT2D eigenvalue weighted by Gasteiger charge is -2.69. The highest BCUT2D eigenvalue weighted by Gasteiger charge is 2.66. The molecule has 0 amide bonds. The summed E-state index contributed by atoms with van der Waals surface area (Å²) in [7, 11) is 0. The number of carbonyl (C=O) groups is 2. The number of esters is 1. The number of halogens is 1. The number of hydrogen-bond donors (Lipinski definition) is 0. The molecule has 4 aliphatic carbocycles. The summed E-state index contributed by atoms with van der Waals surface area (Å²) in [5.74, 6) is 2.71. The van der Waals surface area contributed by atoms with Crippen LogP contribution in [0, 0.1) is 51.2 Å². The number of allylic oxidation sites excluding steroid dienone is 1. The Morgan fingerprint density at radius 1 is 0.917 bits per heavy atom. The summed E-state index contributed by atoms with van der Waals surface area (Å²) in [6, 6.07) is 0. The highest BCUT2D eigenvalue weighted by molar-refractivity contribution is 6.64. The lowest BCUT2D eigenvalue weighted by molar-refractivity contribution is -0.221. The van der Waals surface area contributed by atoms with E-state index in [-0.39, 0.29) is 33.6 Å². The number of carbonyl (C=O) groups excluding carboxylic acids is 2. The number of hydrogen-bond acceptors (Lipinski definition) is 3. The van der Waals surface area contributed by atoms with Crippen LogP contribution >= 0.6 is 11.6 Å². The van der Waals surface area contributed by atoms with Crippen molar-refractivity contribution in [2.45, 2.75) is 125 Å². The molecule has 0 saturated heterocycles. The van der Waals surface area contributed by atoms with Crippen molar-refractivity contribution in [3.05, 3.63) is 12.2 Å². The van der Waals surface area contributed by atoms with Crippen LogP contribution in [-0.4, -0.2) is 17.3 Å². The third kappa shape index (κ3) is 4.32. The Hall–Kier alpha value is -0.830. The van der Waals surface area contributed by atoms with E-state index in [0.29, 0.717) is 35.0 Å². The molecule has 204 valence electrons. The van der Waals surface area contributed by atoms with Gasteiger partial charge in [0.05, 0.1) is 0 Å². The van der Waals surface area contributed by atoms with E-state index in [1.807, 2.05) is 0 Å². The summed E-state index contributed by atoms with van der Waals surface area (Å²) in [5, 5.41) is -0.0938. The molecule has 0 N–H and O–H groups in total. The van der Waals surface area contributed by atoms with Gasteiger partial charge < -0.3 is 4.74 Å². The van der Waals surface area contributed by atoms with Gasteiger partial charge in [-0.1, -0.05) is 40.2 Å². The van der Waals surface area contributed by atoms with Crippen LogP contribution in [0.5, 0.6) is 0 Å². The Kier molecular flexibility index (Phi) is 7.62. The Balaban J connectivity index is 1.58. The molecule has 4 unspecified atom stereocenters. The first kappa shape index (κ1) is 28.2. The van der Waals surface area contributed by atoms with Crippen molar-refractivity contribution in [3.8, 4) is 0 Å². The average molecular weight is 519 g/mol. The van der Waals surface area contributed by atoms with Crippen LogP contribution in [0.15, 0.2) is 12.2 Å². The van der Waals surface area contributed by atoms with Crippen LogP contribution in [0.4, 0.5) is 0 Å². The van der Waals surface area contributed by atoms with Crippen LogP contribution in [0.1, 0.15) is 119 Å². The maximum atomic E-state index is 13.0. The van der Waals surface area contributed by atoms with Crippen molar-refractivity contribution in [1.82, 2.24) is 0 Å². The number of fused-ring (bicyclic) bond motifs is 5.